The predicted molar refractivity (Wildman–Crippen MR) is 352 cm³/mol. The number of nitrogens with one attached hydrogen (secondary N) is 3. The number of nitrogens with two attached hydrogens (primary N) is 3. The second-order valence-corrected chi connectivity index (χ2v) is 22.8. The fraction of sp³-hybridized carbons (Fsp3) is 0.318. The van der Waals surface area contributed by atoms with Crippen LogP contribution in [0.2, 0.25) is 0 Å². The van der Waals surface area contributed by atoms with Crippen molar-refractivity contribution in [2.45, 2.75) is 77.5 Å². The van der Waals surface area contributed by atoms with Crippen LogP contribution in [0.3, 0.4) is 0 Å². The van der Waals surface area contributed by atoms with Crippen molar-refractivity contribution in [1.82, 2.24) is 53.5 Å². The summed E-state index contributed by atoms with van der Waals surface area (Å²) >= 11 is 0. The number of nitrogen functional groups attached to an aromatic ring is 1. The molecule has 0 atom stereocenters. The van der Waals surface area contributed by atoms with Crippen molar-refractivity contribution in [3.63, 3.8) is 0 Å². The van der Waals surface area contributed by atoms with Gasteiger partial charge in [0.05, 0.1) is 87.5 Å². The van der Waals surface area contributed by atoms with Crippen LogP contribution in [-0.4, -0.2) is 166 Å². The molecule has 502 valence electrons. The summed E-state index contributed by atoms with van der Waals surface area (Å²) < 4.78 is 18.8. The highest BCUT2D eigenvalue weighted by atomic mass is 16.5. The first-order valence-corrected chi connectivity index (χ1v) is 30.9. The standard InChI is InChI=1S/C32H34N8O6.C30H33N9O3.2C2H4O2/c1-46-25-17-20(6-7-22(25)37-32(45)24-16-19-4-2-3-5-23(19)39(24)15-11-27(43)44)29-28-30(34-14-10-26(41)42)35-18-36-31(28)40(38-29)21-8-12-33-13-9-21;1-37(2)25(40)16-38-22-7-5-4-6-18(22)14-23(38)30(41)35-21-9-8-19(15-24(21)42-3)27-26-28(31)33-17-34-29(26)39(36-27)20-10-12-32-13-11-20;2*1-2(3)4/h2-7,16-18,21,33H,8-15H2,1H3,(H,37,45)(H,41,42)(H,43,44)(H,34,35,36);4-9,14-15,17,20,32H,10-13,16H2,1-3H3,(H,35,41)(H2,31,33,34);2*1H3,(H,3,4). The Bertz CT molecular complexity index is 4480. The summed E-state index contributed by atoms with van der Waals surface area (Å²) in [6.45, 7) is 6.33. The van der Waals surface area contributed by atoms with Crippen LogP contribution in [0.4, 0.5) is 23.0 Å². The molecule has 2 fully saturated rings. The number of fused-ring (bicyclic) bond motifs is 4. The van der Waals surface area contributed by atoms with E-state index >= 15 is 0 Å². The number of aliphatic carboxylic acids is 4. The van der Waals surface area contributed by atoms with E-state index in [4.69, 9.17) is 45.2 Å². The number of likely N-dealkylation sites (N-methyl/N-ethyl adjacent to an activating group) is 1. The van der Waals surface area contributed by atoms with Gasteiger partial charge in [0.15, 0.2) is 11.3 Å². The second kappa shape index (κ2) is 31.4. The third-order valence-corrected chi connectivity index (χ3v) is 16.0. The van der Waals surface area contributed by atoms with Crippen molar-refractivity contribution in [2.75, 3.05) is 82.7 Å². The van der Waals surface area contributed by atoms with E-state index < -0.39 is 29.8 Å². The lowest BCUT2D eigenvalue weighted by Crippen LogP contribution is -2.86. The van der Waals surface area contributed by atoms with Crippen molar-refractivity contribution in [2.24, 2.45) is 0 Å². The minimum Gasteiger partial charge on any atom is -0.550 e. The molecule has 2 saturated heterocycles. The number of amides is 3. The van der Waals surface area contributed by atoms with Gasteiger partial charge in [-0.25, -0.2) is 29.3 Å². The summed E-state index contributed by atoms with van der Waals surface area (Å²) in [5.74, 6) is -3.22. The number of aryl methyl sites for hydroxylation is 1. The monoisotopic (exact) mass is 1310 g/mol. The van der Waals surface area contributed by atoms with E-state index in [1.54, 1.807) is 60.7 Å². The highest BCUT2D eigenvalue weighted by Gasteiger charge is 2.29. The number of methoxy groups -OCH3 is 2. The summed E-state index contributed by atoms with van der Waals surface area (Å²) in [6, 6.07) is 29.8. The Balaban J connectivity index is 0.000000203. The van der Waals surface area contributed by atoms with Gasteiger partial charge in [0.25, 0.3) is 11.8 Å². The summed E-state index contributed by atoms with van der Waals surface area (Å²) in [5, 5.41) is 62.9. The molecule has 0 radical (unpaired) electrons. The molecule has 4 aromatic carbocycles. The van der Waals surface area contributed by atoms with E-state index in [1.807, 2.05) is 76.1 Å². The quantitative estimate of drug-likeness (QED) is 0.0577. The molecule has 0 saturated carbocycles. The molecular weight excluding hydrogens is 1240 g/mol. The number of piperidine rings is 2. The number of carboxylic acids is 4. The number of rotatable bonds is 19. The van der Waals surface area contributed by atoms with Gasteiger partial charge in [-0.2, -0.15) is 10.2 Å². The third-order valence-electron chi connectivity index (χ3n) is 16.0. The van der Waals surface area contributed by atoms with Gasteiger partial charge in [-0.05, 0) is 62.4 Å². The number of aromatic nitrogens is 10. The number of quaternary nitrogens is 2. The molecule has 30 heteroatoms. The van der Waals surface area contributed by atoms with Crippen molar-refractivity contribution in [3.05, 3.63) is 121 Å². The molecule has 0 unspecified atom stereocenters. The number of ether oxygens (including phenoxy) is 2. The van der Waals surface area contributed by atoms with Crippen LogP contribution >= 0.6 is 0 Å². The van der Waals surface area contributed by atoms with Crippen LogP contribution < -0.4 is 52.0 Å². The minimum absolute atomic E-state index is 0.0393. The van der Waals surface area contributed by atoms with Gasteiger partial charge in [-0.1, -0.05) is 48.5 Å². The molecule has 10 aromatic rings. The van der Waals surface area contributed by atoms with E-state index in [9.17, 15) is 34.2 Å². The Hall–Kier alpha value is -11.5. The maximum absolute atomic E-state index is 13.6. The molecule has 0 aliphatic carbocycles. The summed E-state index contributed by atoms with van der Waals surface area (Å²) in [6.07, 6.45) is 6.56. The molecule has 2 aliphatic heterocycles. The van der Waals surface area contributed by atoms with Crippen LogP contribution in [-0.2, 0) is 37.1 Å². The third kappa shape index (κ3) is 16.3. The van der Waals surface area contributed by atoms with Crippen LogP contribution in [0.15, 0.2) is 110 Å². The van der Waals surface area contributed by atoms with E-state index in [1.165, 1.54) is 24.7 Å². The SMILES string of the molecule is CC(=O)[O-].CC(=O)[O-].COc1cc(-c2nn(C3CC[NH2+]CC3)c3ncnc(N)c23)ccc1NC(=O)c1cc2ccccc2n1CC(=O)N(C)C.COc1cc(-c2nn(C3CC[NH2+]CC3)c3ncnc(NCCC(=O)O)c23)ccc1NC(=O)c1cc2ccccc2n1CCC(=O)O. The van der Waals surface area contributed by atoms with E-state index in [2.05, 4.69) is 46.5 Å². The number of anilines is 4. The summed E-state index contributed by atoms with van der Waals surface area (Å²) in [7, 11) is 6.45. The van der Waals surface area contributed by atoms with E-state index in [-0.39, 0.29) is 56.4 Å². The number of hydrogen-bond donors (Lipinski definition) is 8. The van der Waals surface area contributed by atoms with Gasteiger partial charge in [0.1, 0.15) is 65.1 Å². The molecule has 3 amide bonds. The number of hydrogen-bond acceptors (Lipinski definition) is 19. The molecule has 96 heavy (non-hydrogen) atoms. The van der Waals surface area contributed by atoms with Crippen molar-refractivity contribution < 1.29 is 74.1 Å². The Kier molecular flexibility index (Phi) is 22.5. The highest BCUT2D eigenvalue weighted by Crippen LogP contribution is 2.40. The molecule has 6 aromatic heterocycles. The Morgan fingerprint density at radius 2 is 1.06 bits per heavy atom. The normalized spacial score (nSPS) is 13.1. The second-order valence-electron chi connectivity index (χ2n) is 22.8. The number of benzene rings is 4. The zero-order valence-corrected chi connectivity index (χ0v) is 53.8. The summed E-state index contributed by atoms with van der Waals surface area (Å²) in [5.41, 5.74) is 13.6. The van der Waals surface area contributed by atoms with E-state index in [0.717, 1.165) is 93.1 Å². The van der Waals surface area contributed by atoms with Crippen LogP contribution in [0.25, 0.3) is 66.4 Å². The number of nitrogens with zero attached hydrogens (tertiary/aromatic N) is 11. The number of carboxylic acid groups (broad SMARTS) is 4. The molecule has 11 N–H and O–H groups in total. The van der Waals surface area contributed by atoms with Gasteiger partial charge >= 0.3 is 11.9 Å². The molecular formula is C66H75N17O13. The lowest BCUT2D eigenvalue weighted by atomic mass is 10.1. The van der Waals surface area contributed by atoms with Crippen LogP contribution in [0.5, 0.6) is 11.5 Å². The number of carbonyl (C=O) groups excluding carboxylic acids is 5. The maximum atomic E-state index is 13.6. The molecule has 0 bridgehead atoms. The molecule has 30 nitrogen and oxygen atoms in total. The lowest BCUT2D eigenvalue weighted by molar-refractivity contribution is -0.664. The van der Waals surface area contributed by atoms with Crippen LogP contribution in [0, 0.1) is 0 Å². The molecule has 8 heterocycles. The van der Waals surface area contributed by atoms with Gasteiger partial charge in [0.2, 0.25) is 5.91 Å². The first-order chi connectivity index (χ1) is 46.1. The minimum atomic E-state index is -1.08. The predicted octanol–water partition coefficient (Wildman–Crippen LogP) is 2.76. The smallest absolute Gasteiger partial charge is 0.305 e. The fourth-order valence-corrected chi connectivity index (χ4v) is 11.6. The Labute approximate surface area is 549 Å². The van der Waals surface area contributed by atoms with Gasteiger partial charge in [0, 0.05) is 97.7 Å². The summed E-state index contributed by atoms with van der Waals surface area (Å²) in [4.78, 5) is 99.4. The fourth-order valence-electron chi connectivity index (χ4n) is 11.6. The molecule has 0 spiro atoms. The zero-order valence-electron chi connectivity index (χ0n) is 53.8. The van der Waals surface area contributed by atoms with Gasteiger partial charge in [-0.3, -0.25) is 24.0 Å². The number of para-hydroxylation sites is 2. The average molecular weight is 1310 g/mol. The maximum Gasteiger partial charge on any atom is 0.305 e. The average Bonchev–Trinajstić information content (AvgIpc) is 1.61. The van der Waals surface area contributed by atoms with Crippen molar-refractivity contribution >= 4 is 108 Å². The van der Waals surface area contributed by atoms with Gasteiger partial charge < -0.3 is 85.8 Å². The van der Waals surface area contributed by atoms with Crippen molar-refractivity contribution in [1.29, 1.82) is 0 Å². The Morgan fingerprint density at radius 3 is 1.54 bits per heavy atom. The molecule has 2 aliphatic rings. The van der Waals surface area contributed by atoms with E-state index in [0.29, 0.717) is 84.9 Å². The topological polar surface area (TPSA) is 420 Å². The van der Waals surface area contributed by atoms with Crippen molar-refractivity contribution in [3.8, 4) is 34.0 Å². The Morgan fingerprint density at radius 1 is 0.615 bits per heavy atom. The number of carbonyl (C=O) groups is 7. The first-order valence-electron chi connectivity index (χ1n) is 30.9. The first kappa shape index (κ1) is 68.8. The highest BCUT2D eigenvalue weighted by molar-refractivity contribution is 6.09. The lowest BCUT2D eigenvalue weighted by Gasteiger charge is -2.21. The van der Waals surface area contributed by atoms with Crippen LogP contribution in [0.1, 0.15) is 85.4 Å². The molecule has 12 rings (SSSR count). The van der Waals surface area contributed by atoms with Gasteiger partial charge in [-0.15, -0.1) is 0 Å². The zero-order chi connectivity index (χ0) is 68.7. The largest absolute Gasteiger partial charge is 0.550 e.